The molecule has 0 saturated carbocycles. The molecule has 7 nitrogen and oxygen atoms in total. The molecule has 0 radical (unpaired) electrons. The van der Waals surface area contributed by atoms with Gasteiger partial charge >= 0.3 is 17.9 Å². The number of benzene rings is 2. The summed E-state index contributed by atoms with van der Waals surface area (Å²) in [5.74, 6) is -3.86. The fourth-order valence-electron chi connectivity index (χ4n) is 2.49. The quantitative estimate of drug-likeness (QED) is 0.538. The van der Waals surface area contributed by atoms with Crippen molar-refractivity contribution in [3.05, 3.63) is 71.3 Å². The number of ketones is 1. The van der Waals surface area contributed by atoms with E-state index in [1.54, 1.807) is 55.5 Å². The average molecular weight is 398 g/mol. The van der Waals surface area contributed by atoms with Crippen molar-refractivity contribution in [1.29, 1.82) is 0 Å². The van der Waals surface area contributed by atoms with Gasteiger partial charge in [-0.1, -0.05) is 48.5 Å². The van der Waals surface area contributed by atoms with Gasteiger partial charge in [0.15, 0.2) is 18.0 Å². The second kappa shape index (κ2) is 9.64. The Hall–Kier alpha value is -3.48. The highest BCUT2D eigenvalue weighted by Crippen LogP contribution is 2.21. The number of carbonyl (C=O) groups excluding carboxylic acids is 3. The molecule has 0 heterocycles. The lowest BCUT2D eigenvalue weighted by molar-refractivity contribution is -0.175. The second-order valence-electron chi connectivity index (χ2n) is 6.54. The molecule has 0 aliphatic heterocycles. The van der Waals surface area contributed by atoms with Gasteiger partial charge in [0.25, 0.3) is 0 Å². The molecule has 2 aromatic rings. The predicted molar refractivity (Wildman–Crippen MR) is 103 cm³/mol. The summed E-state index contributed by atoms with van der Waals surface area (Å²) in [6.07, 6.45) is -2.61. The zero-order chi connectivity index (χ0) is 21.6. The van der Waals surface area contributed by atoms with Crippen LogP contribution in [-0.4, -0.2) is 41.0 Å². The molecular weight excluding hydrogens is 376 g/mol. The molecule has 2 aromatic carbocycles. The highest BCUT2D eigenvalue weighted by molar-refractivity contribution is 6.09. The lowest BCUT2D eigenvalue weighted by atomic mass is 9.96. The second-order valence-corrected chi connectivity index (χ2v) is 6.54. The van der Waals surface area contributed by atoms with Gasteiger partial charge in [0.05, 0.1) is 5.92 Å². The van der Waals surface area contributed by atoms with Crippen molar-refractivity contribution < 1.29 is 33.8 Å². The van der Waals surface area contributed by atoms with Gasteiger partial charge < -0.3 is 14.6 Å². The maximum Gasteiger partial charge on any atom is 0.347 e. The van der Waals surface area contributed by atoms with Gasteiger partial charge in [0.2, 0.25) is 0 Å². The molecule has 0 aliphatic carbocycles. The van der Waals surface area contributed by atoms with Crippen LogP contribution in [0.15, 0.2) is 54.6 Å². The molecule has 0 aromatic heterocycles. The third-order valence-electron chi connectivity index (χ3n) is 4.30. The van der Waals surface area contributed by atoms with E-state index in [0.717, 1.165) is 0 Å². The minimum absolute atomic E-state index is 0.173. The van der Waals surface area contributed by atoms with Crippen LogP contribution in [0.1, 0.15) is 48.2 Å². The third kappa shape index (κ3) is 5.75. The van der Waals surface area contributed by atoms with E-state index in [1.807, 2.05) is 6.07 Å². The van der Waals surface area contributed by atoms with Gasteiger partial charge in [-0.05, 0) is 32.4 Å². The topological polar surface area (TPSA) is 107 Å². The van der Waals surface area contributed by atoms with Crippen LogP contribution < -0.4 is 0 Å². The van der Waals surface area contributed by atoms with E-state index < -0.39 is 36.0 Å². The molecule has 0 fully saturated rings. The van der Waals surface area contributed by atoms with Crippen LogP contribution in [0, 0.1) is 0 Å². The first-order valence-corrected chi connectivity index (χ1v) is 9.04. The largest absolute Gasteiger partial charge is 0.479 e. The van der Waals surface area contributed by atoms with Crippen molar-refractivity contribution in [3.8, 4) is 0 Å². The van der Waals surface area contributed by atoms with Crippen LogP contribution in [0.25, 0.3) is 0 Å². The predicted octanol–water partition coefficient (Wildman–Crippen LogP) is 2.97. The van der Waals surface area contributed by atoms with Gasteiger partial charge in [-0.25, -0.2) is 9.59 Å². The van der Waals surface area contributed by atoms with Gasteiger partial charge in [-0.3, -0.25) is 9.59 Å². The van der Waals surface area contributed by atoms with E-state index in [2.05, 4.69) is 0 Å². The summed E-state index contributed by atoms with van der Waals surface area (Å²) in [7, 11) is 0. The van der Waals surface area contributed by atoms with Gasteiger partial charge in [-0.2, -0.15) is 0 Å². The van der Waals surface area contributed by atoms with Crippen molar-refractivity contribution >= 4 is 23.7 Å². The Morgan fingerprint density at radius 3 is 1.97 bits per heavy atom. The maximum absolute atomic E-state index is 12.6. The SMILES string of the molecule is C[C@H](OC(=O)[C@H](C)OC(=O)[C@@H](C)c1cccc(C(=O)c2ccccc2)c1)C(=O)O. The summed E-state index contributed by atoms with van der Waals surface area (Å²) in [4.78, 5) is 47.6. The van der Waals surface area contributed by atoms with Crippen molar-refractivity contribution in [2.24, 2.45) is 0 Å². The Balaban J connectivity index is 2.07. The highest BCUT2D eigenvalue weighted by Gasteiger charge is 2.27. The standard InChI is InChI=1S/C22H22O7/c1-13(21(26)29-15(3)22(27)28-14(2)20(24)25)17-10-7-11-18(12-17)19(23)16-8-5-4-6-9-16/h4-15H,1-3H3,(H,24,25)/t13-,14-,15-/m0/s1. The Morgan fingerprint density at radius 2 is 1.34 bits per heavy atom. The zero-order valence-corrected chi connectivity index (χ0v) is 16.3. The fraction of sp³-hybridized carbons (Fsp3) is 0.273. The zero-order valence-electron chi connectivity index (χ0n) is 16.3. The Bertz CT molecular complexity index is 904. The highest BCUT2D eigenvalue weighted by atomic mass is 16.6. The molecule has 0 bridgehead atoms. The van der Waals surface area contributed by atoms with E-state index in [4.69, 9.17) is 14.6 Å². The van der Waals surface area contributed by atoms with Crippen molar-refractivity contribution in [2.45, 2.75) is 38.9 Å². The first-order valence-electron chi connectivity index (χ1n) is 9.04. The maximum atomic E-state index is 12.6. The number of carboxylic acids is 1. The van der Waals surface area contributed by atoms with Gasteiger partial charge in [0.1, 0.15) is 0 Å². The molecule has 0 aliphatic rings. The number of carbonyl (C=O) groups is 4. The first kappa shape index (κ1) is 21.8. The molecule has 7 heteroatoms. The molecule has 0 saturated heterocycles. The summed E-state index contributed by atoms with van der Waals surface area (Å²) in [6, 6.07) is 15.4. The number of hydrogen-bond donors (Lipinski definition) is 1. The van der Waals surface area contributed by atoms with E-state index in [9.17, 15) is 19.2 Å². The van der Waals surface area contributed by atoms with E-state index in [-0.39, 0.29) is 5.78 Å². The summed E-state index contributed by atoms with van der Waals surface area (Å²) >= 11 is 0. The van der Waals surface area contributed by atoms with Crippen molar-refractivity contribution in [1.82, 2.24) is 0 Å². The van der Waals surface area contributed by atoms with E-state index in [1.165, 1.54) is 13.8 Å². The van der Waals surface area contributed by atoms with Gasteiger partial charge in [-0.15, -0.1) is 0 Å². The normalized spacial score (nSPS) is 13.6. The molecule has 0 unspecified atom stereocenters. The van der Waals surface area contributed by atoms with E-state index >= 15 is 0 Å². The number of ether oxygens (including phenoxy) is 2. The van der Waals surface area contributed by atoms with Crippen LogP contribution >= 0.6 is 0 Å². The molecule has 2 rings (SSSR count). The Labute approximate surface area is 168 Å². The number of esters is 2. The van der Waals surface area contributed by atoms with Crippen molar-refractivity contribution in [3.63, 3.8) is 0 Å². The van der Waals surface area contributed by atoms with E-state index in [0.29, 0.717) is 16.7 Å². The fourth-order valence-corrected chi connectivity index (χ4v) is 2.49. The van der Waals surface area contributed by atoms with Crippen LogP contribution in [0.4, 0.5) is 0 Å². The molecule has 152 valence electrons. The molecular formula is C22H22O7. The monoisotopic (exact) mass is 398 g/mol. The third-order valence-corrected chi connectivity index (χ3v) is 4.30. The molecule has 1 N–H and O–H groups in total. The lowest BCUT2D eigenvalue weighted by Gasteiger charge is -2.18. The molecule has 3 atom stereocenters. The van der Waals surface area contributed by atoms with Crippen LogP contribution in [0.2, 0.25) is 0 Å². The minimum atomic E-state index is -1.35. The molecule has 0 spiro atoms. The lowest BCUT2D eigenvalue weighted by Crippen LogP contribution is -2.33. The summed E-state index contributed by atoms with van der Waals surface area (Å²) in [5, 5.41) is 8.77. The smallest absolute Gasteiger partial charge is 0.347 e. The Kier molecular flexibility index (Phi) is 7.25. The van der Waals surface area contributed by atoms with Crippen LogP contribution in [0.3, 0.4) is 0 Å². The summed E-state index contributed by atoms with van der Waals surface area (Å²) < 4.78 is 9.80. The van der Waals surface area contributed by atoms with Crippen molar-refractivity contribution in [2.75, 3.05) is 0 Å². The van der Waals surface area contributed by atoms with Crippen LogP contribution in [-0.2, 0) is 23.9 Å². The number of hydrogen-bond acceptors (Lipinski definition) is 6. The number of rotatable bonds is 8. The molecule has 0 amide bonds. The minimum Gasteiger partial charge on any atom is -0.479 e. The number of aliphatic carboxylic acids is 1. The Morgan fingerprint density at radius 1 is 0.759 bits per heavy atom. The summed E-state index contributed by atoms with van der Waals surface area (Å²) in [5.41, 5.74) is 1.51. The average Bonchev–Trinajstić information content (AvgIpc) is 2.73. The molecule has 29 heavy (non-hydrogen) atoms. The van der Waals surface area contributed by atoms with Gasteiger partial charge in [0, 0.05) is 11.1 Å². The van der Waals surface area contributed by atoms with Crippen LogP contribution in [0.5, 0.6) is 0 Å². The first-order chi connectivity index (χ1) is 13.7. The number of carboxylic acid groups (broad SMARTS) is 1. The summed E-state index contributed by atoms with van der Waals surface area (Å²) in [6.45, 7) is 4.09.